The highest BCUT2D eigenvalue weighted by atomic mass is 35.5. The molecule has 0 aliphatic carbocycles. The summed E-state index contributed by atoms with van der Waals surface area (Å²) >= 11 is 0. The first-order valence-corrected chi connectivity index (χ1v) is 8.14. The second kappa shape index (κ2) is 10.3. The number of likely N-dealkylation sites (tertiary alicyclic amines) is 1. The summed E-state index contributed by atoms with van der Waals surface area (Å²) in [6.45, 7) is 2.89. The number of para-hydroxylation sites is 1. The molecular weight excluding hydrogens is 357 g/mol. The van der Waals surface area contributed by atoms with E-state index in [0.717, 1.165) is 32.5 Å². The molecule has 0 radical (unpaired) electrons. The smallest absolute Gasteiger partial charge is 0.253 e. The van der Waals surface area contributed by atoms with Crippen LogP contribution >= 0.6 is 24.8 Å². The van der Waals surface area contributed by atoms with E-state index in [2.05, 4.69) is 34.5 Å². The normalized spacial score (nSPS) is 17.0. The molecule has 0 aromatic heterocycles. The Morgan fingerprint density at radius 2 is 1.76 bits per heavy atom. The molecule has 4 nitrogen and oxygen atoms in total. The Labute approximate surface area is 161 Å². The zero-order chi connectivity index (χ0) is 16.1. The zero-order valence-electron chi connectivity index (χ0n) is 14.1. The van der Waals surface area contributed by atoms with E-state index in [1.807, 2.05) is 18.2 Å². The molecule has 1 fully saturated rings. The Hall–Kier alpha value is -1.75. The number of hydrogen-bond acceptors (Lipinski definition) is 3. The lowest BCUT2D eigenvalue weighted by Crippen LogP contribution is -2.47. The minimum Gasteiger partial charge on any atom is -0.398 e. The first-order chi connectivity index (χ1) is 11.2. The maximum absolute atomic E-state index is 12.4. The molecule has 6 heteroatoms. The van der Waals surface area contributed by atoms with Crippen LogP contribution in [0.1, 0.15) is 28.8 Å². The molecule has 1 atom stereocenters. The number of benzene rings is 2. The van der Waals surface area contributed by atoms with Gasteiger partial charge in [-0.05, 0) is 37.1 Å². The van der Waals surface area contributed by atoms with Crippen molar-refractivity contribution >= 4 is 36.4 Å². The second-order valence-electron chi connectivity index (χ2n) is 6.12. The number of nitrogens with zero attached hydrogens (tertiary/aromatic N) is 1. The Morgan fingerprint density at radius 3 is 2.48 bits per heavy atom. The van der Waals surface area contributed by atoms with E-state index in [1.54, 1.807) is 12.1 Å². The number of nitrogens with one attached hydrogen (secondary N) is 1. The van der Waals surface area contributed by atoms with Crippen LogP contribution in [0.5, 0.6) is 0 Å². The molecular formula is C19H25Cl2N3O. The van der Waals surface area contributed by atoms with Gasteiger partial charge in [0.1, 0.15) is 0 Å². The van der Waals surface area contributed by atoms with Crippen LogP contribution in [0.25, 0.3) is 0 Å². The fraction of sp³-hybridized carbons (Fsp3) is 0.316. The van der Waals surface area contributed by atoms with E-state index >= 15 is 0 Å². The fourth-order valence-electron chi connectivity index (χ4n) is 3.13. The van der Waals surface area contributed by atoms with Gasteiger partial charge in [-0.1, -0.05) is 42.5 Å². The number of hydrogen-bond donors (Lipinski definition) is 2. The van der Waals surface area contributed by atoms with Gasteiger partial charge in [-0.25, -0.2) is 0 Å². The summed E-state index contributed by atoms with van der Waals surface area (Å²) in [6, 6.07) is 17.9. The molecule has 3 N–H and O–H groups in total. The predicted octanol–water partition coefficient (Wildman–Crippen LogP) is 3.51. The maximum atomic E-state index is 12.4. The molecule has 2 aromatic carbocycles. The number of amides is 1. The summed E-state index contributed by atoms with van der Waals surface area (Å²) < 4.78 is 0. The number of nitrogens with two attached hydrogens (primary N) is 1. The molecule has 1 heterocycles. The summed E-state index contributed by atoms with van der Waals surface area (Å²) in [5.41, 5.74) is 8.29. The van der Waals surface area contributed by atoms with E-state index in [0.29, 0.717) is 11.3 Å². The topological polar surface area (TPSA) is 58.4 Å². The number of halogens is 2. The van der Waals surface area contributed by atoms with Crippen molar-refractivity contribution in [2.75, 3.05) is 18.8 Å². The highest BCUT2D eigenvalue weighted by Crippen LogP contribution is 2.16. The number of anilines is 1. The second-order valence-corrected chi connectivity index (χ2v) is 6.12. The Morgan fingerprint density at radius 1 is 1.08 bits per heavy atom. The van der Waals surface area contributed by atoms with Crippen molar-refractivity contribution < 1.29 is 4.79 Å². The van der Waals surface area contributed by atoms with Crippen molar-refractivity contribution in [2.45, 2.75) is 25.4 Å². The van der Waals surface area contributed by atoms with E-state index in [-0.39, 0.29) is 36.8 Å². The molecule has 25 heavy (non-hydrogen) atoms. The number of nitrogen functional groups attached to an aromatic ring is 1. The Bertz CT molecular complexity index is 667. The van der Waals surface area contributed by atoms with Crippen molar-refractivity contribution in [1.82, 2.24) is 10.2 Å². The van der Waals surface area contributed by atoms with Crippen LogP contribution in [-0.2, 0) is 6.54 Å². The lowest BCUT2D eigenvalue weighted by atomic mass is 10.0. The largest absolute Gasteiger partial charge is 0.398 e. The first-order valence-electron chi connectivity index (χ1n) is 8.14. The van der Waals surface area contributed by atoms with Crippen LogP contribution in [-0.4, -0.2) is 29.9 Å². The van der Waals surface area contributed by atoms with Crippen molar-refractivity contribution in [2.24, 2.45) is 0 Å². The van der Waals surface area contributed by atoms with Crippen LogP contribution in [0.15, 0.2) is 54.6 Å². The highest BCUT2D eigenvalue weighted by molar-refractivity contribution is 5.99. The molecule has 1 saturated heterocycles. The van der Waals surface area contributed by atoms with E-state index in [1.165, 1.54) is 5.56 Å². The van der Waals surface area contributed by atoms with E-state index in [9.17, 15) is 4.79 Å². The van der Waals surface area contributed by atoms with Crippen molar-refractivity contribution in [1.29, 1.82) is 0 Å². The first kappa shape index (κ1) is 21.3. The van der Waals surface area contributed by atoms with Gasteiger partial charge in [0.25, 0.3) is 5.91 Å². The molecule has 1 aliphatic rings. The number of rotatable bonds is 4. The summed E-state index contributed by atoms with van der Waals surface area (Å²) in [5, 5.41) is 3.13. The molecule has 2 aromatic rings. The minimum absolute atomic E-state index is 0. The third-order valence-corrected chi connectivity index (χ3v) is 4.30. The van der Waals surface area contributed by atoms with Crippen LogP contribution in [0.3, 0.4) is 0 Å². The van der Waals surface area contributed by atoms with Crippen molar-refractivity contribution in [3.8, 4) is 0 Å². The molecule has 3 rings (SSSR count). The van der Waals surface area contributed by atoms with Crippen LogP contribution in [0.4, 0.5) is 5.69 Å². The van der Waals surface area contributed by atoms with Crippen LogP contribution < -0.4 is 11.1 Å². The average molecular weight is 382 g/mol. The van der Waals surface area contributed by atoms with Gasteiger partial charge in [0.15, 0.2) is 0 Å². The van der Waals surface area contributed by atoms with Crippen molar-refractivity contribution in [3.63, 3.8) is 0 Å². The molecule has 0 saturated carbocycles. The van der Waals surface area contributed by atoms with Gasteiger partial charge in [-0.15, -0.1) is 24.8 Å². The monoisotopic (exact) mass is 381 g/mol. The van der Waals surface area contributed by atoms with Gasteiger partial charge in [-0.3, -0.25) is 9.69 Å². The van der Waals surface area contributed by atoms with Gasteiger partial charge in [0.2, 0.25) is 0 Å². The SMILES string of the molecule is Cl.Cl.Nc1ccccc1C(=O)NC1CCCN(Cc2ccccc2)C1. The molecule has 0 bridgehead atoms. The van der Waals surface area contributed by atoms with Gasteiger partial charge in [-0.2, -0.15) is 0 Å². The summed E-state index contributed by atoms with van der Waals surface area (Å²) in [4.78, 5) is 14.8. The quantitative estimate of drug-likeness (QED) is 0.796. The minimum atomic E-state index is -0.0744. The molecule has 1 unspecified atom stereocenters. The van der Waals surface area contributed by atoms with Gasteiger partial charge in [0.05, 0.1) is 5.56 Å². The highest BCUT2D eigenvalue weighted by Gasteiger charge is 2.22. The van der Waals surface area contributed by atoms with Gasteiger partial charge in [0, 0.05) is 24.8 Å². The number of carbonyl (C=O) groups excluding carboxylic acids is 1. The Balaban J connectivity index is 0.00000156. The molecule has 0 spiro atoms. The lowest BCUT2D eigenvalue weighted by Gasteiger charge is -2.33. The van der Waals surface area contributed by atoms with Crippen LogP contribution in [0, 0.1) is 0 Å². The summed E-state index contributed by atoms with van der Waals surface area (Å²) in [6.07, 6.45) is 2.12. The lowest BCUT2D eigenvalue weighted by molar-refractivity contribution is 0.0901. The molecule has 1 aliphatic heterocycles. The molecule has 1 amide bonds. The van der Waals surface area contributed by atoms with E-state index < -0.39 is 0 Å². The average Bonchev–Trinajstić information content (AvgIpc) is 2.56. The summed E-state index contributed by atoms with van der Waals surface area (Å²) in [7, 11) is 0. The molecule has 136 valence electrons. The third kappa shape index (κ3) is 5.92. The van der Waals surface area contributed by atoms with Crippen molar-refractivity contribution in [3.05, 3.63) is 65.7 Å². The van der Waals surface area contributed by atoms with E-state index in [4.69, 9.17) is 5.73 Å². The van der Waals surface area contributed by atoms with Gasteiger partial charge < -0.3 is 11.1 Å². The third-order valence-electron chi connectivity index (χ3n) is 4.30. The standard InChI is InChI=1S/C19H23N3O.2ClH/c20-18-11-5-4-10-17(18)19(23)21-16-9-6-12-22(14-16)13-15-7-2-1-3-8-15;;/h1-5,7-8,10-11,16H,6,9,12-14,20H2,(H,21,23);2*1H. The predicted molar refractivity (Wildman–Crippen MR) is 108 cm³/mol. The maximum Gasteiger partial charge on any atom is 0.253 e. The number of piperidine rings is 1. The van der Waals surface area contributed by atoms with Crippen LogP contribution in [0.2, 0.25) is 0 Å². The fourth-order valence-corrected chi connectivity index (χ4v) is 3.13. The Kier molecular flexibility index (Phi) is 8.76. The summed E-state index contributed by atoms with van der Waals surface area (Å²) in [5.74, 6) is -0.0744. The zero-order valence-corrected chi connectivity index (χ0v) is 15.7. The van der Waals surface area contributed by atoms with Gasteiger partial charge >= 0.3 is 0 Å². The number of carbonyl (C=O) groups is 1.